The van der Waals surface area contributed by atoms with E-state index < -0.39 is 27.8 Å². The minimum atomic E-state index is -3.31. The molecule has 0 aromatic heterocycles. The van der Waals surface area contributed by atoms with Gasteiger partial charge < -0.3 is 9.84 Å². The van der Waals surface area contributed by atoms with Gasteiger partial charge in [0.2, 0.25) is 0 Å². The molecule has 0 saturated carbocycles. The minimum absolute atomic E-state index is 0.0643. The fraction of sp³-hybridized carbons (Fsp3) is 0.462. The second-order valence-corrected chi connectivity index (χ2v) is 6.53. The van der Waals surface area contributed by atoms with E-state index in [1.165, 1.54) is 6.07 Å². The Bertz CT molecular complexity index is 578. The van der Waals surface area contributed by atoms with E-state index in [4.69, 9.17) is 4.74 Å². The van der Waals surface area contributed by atoms with Crippen LogP contribution in [0.5, 0.6) is 0 Å². The number of carbonyl (C=O) groups excluding carboxylic acids is 1. The molecular formula is C13H16O5S. The van der Waals surface area contributed by atoms with E-state index in [1.54, 1.807) is 25.1 Å². The minimum Gasteiger partial charge on any atom is -0.464 e. The lowest BCUT2D eigenvalue weighted by molar-refractivity contribution is -0.154. The molecule has 0 amide bonds. The third-order valence-corrected chi connectivity index (χ3v) is 5.08. The fourth-order valence-corrected chi connectivity index (χ4v) is 3.99. The standard InChI is InChI=1S/C13H16O5S/c1-2-18-13(15)12(14)10-7-8-19(16,17)11-6-4-3-5-9(10)11/h3-6,10,12,14H,2,7-8H2,1H3. The lowest BCUT2D eigenvalue weighted by atomic mass is 9.90. The zero-order valence-corrected chi connectivity index (χ0v) is 11.4. The monoisotopic (exact) mass is 284 g/mol. The third kappa shape index (κ3) is 2.64. The molecule has 1 aromatic rings. The number of esters is 1. The predicted molar refractivity (Wildman–Crippen MR) is 68.5 cm³/mol. The largest absolute Gasteiger partial charge is 0.464 e. The number of benzene rings is 1. The Morgan fingerprint density at radius 2 is 2.16 bits per heavy atom. The number of hydrogen-bond donors (Lipinski definition) is 1. The molecule has 2 atom stereocenters. The van der Waals surface area contributed by atoms with Crippen molar-refractivity contribution in [3.8, 4) is 0 Å². The second-order valence-electron chi connectivity index (χ2n) is 4.45. The van der Waals surface area contributed by atoms with Crippen LogP contribution in [-0.2, 0) is 19.4 Å². The molecule has 1 aliphatic heterocycles. The van der Waals surface area contributed by atoms with Crippen LogP contribution in [0.15, 0.2) is 29.2 Å². The molecule has 19 heavy (non-hydrogen) atoms. The summed E-state index contributed by atoms with van der Waals surface area (Å²) >= 11 is 0. The summed E-state index contributed by atoms with van der Waals surface area (Å²) in [5, 5.41) is 10.0. The van der Waals surface area contributed by atoms with Gasteiger partial charge in [-0.3, -0.25) is 0 Å². The van der Waals surface area contributed by atoms with Gasteiger partial charge in [0.15, 0.2) is 15.9 Å². The molecule has 1 aliphatic rings. The van der Waals surface area contributed by atoms with Crippen LogP contribution in [0, 0.1) is 0 Å². The van der Waals surface area contributed by atoms with E-state index in [0.717, 1.165) is 0 Å². The van der Waals surface area contributed by atoms with Crippen LogP contribution >= 0.6 is 0 Å². The number of hydrogen-bond acceptors (Lipinski definition) is 5. The highest BCUT2D eigenvalue weighted by atomic mass is 32.2. The van der Waals surface area contributed by atoms with Gasteiger partial charge in [-0.2, -0.15) is 0 Å². The first kappa shape index (κ1) is 14.0. The summed E-state index contributed by atoms with van der Waals surface area (Å²) in [5.41, 5.74) is 0.495. The second kappa shape index (κ2) is 5.30. The number of ether oxygens (including phenoxy) is 1. The highest BCUT2D eigenvalue weighted by molar-refractivity contribution is 7.91. The van der Waals surface area contributed by atoms with Crippen molar-refractivity contribution < 1.29 is 23.1 Å². The van der Waals surface area contributed by atoms with Gasteiger partial charge in [-0.25, -0.2) is 13.2 Å². The van der Waals surface area contributed by atoms with Crippen molar-refractivity contribution in [3.63, 3.8) is 0 Å². The van der Waals surface area contributed by atoms with Gasteiger partial charge in [0.25, 0.3) is 0 Å². The van der Waals surface area contributed by atoms with Gasteiger partial charge in [0.1, 0.15) is 0 Å². The van der Waals surface area contributed by atoms with Crippen molar-refractivity contribution in [1.82, 2.24) is 0 Å². The van der Waals surface area contributed by atoms with Crippen molar-refractivity contribution >= 4 is 15.8 Å². The van der Waals surface area contributed by atoms with E-state index in [-0.39, 0.29) is 23.7 Å². The van der Waals surface area contributed by atoms with Crippen LogP contribution in [0.25, 0.3) is 0 Å². The molecule has 0 aliphatic carbocycles. The molecule has 1 heterocycles. The van der Waals surface area contributed by atoms with Crippen LogP contribution < -0.4 is 0 Å². The molecule has 2 rings (SSSR count). The number of aliphatic hydroxyl groups is 1. The van der Waals surface area contributed by atoms with Crippen molar-refractivity contribution in [2.45, 2.75) is 30.3 Å². The van der Waals surface area contributed by atoms with Gasteiger partial charge >= 0.3 is 5.97 Å². The summed E-state index contributed by atoms with van der Waals surface area (Å²) in [6, 6.07) is 6.48. The van der Waals surface area contributed by atoms with Crippen molar-refractivity contribution in [1.29, 1.82) is 0 Å². The van der Waals surface area contributed by atoms with Gasteiger partial charge in [0, 0.05) is 5.92 Å². The summed E-state index contributed by atoms with van der Waals surface area (Å²) in [5.74, 6) is -1.30. The van der Waals surface area contributed by atoms with Gasteiger partial charge in [-0.1, -0.05) is 18.2 Å². The molecule has 6 heteroatoms. The quantitative estimate of drug-likeness (QED) is 0.833. The number of sulfone groups is 1. The van der Waals surface area contributed by atoms with Crippen molar-refractivity contribution in [3.05, 3.63) is 29.8 Å². The maximum atomic E-state index is 11.9. The van der Waals surface area contributed by atoms with Crippen molar-refractivity contribution in [2.75, 3.05) is 12.4 Å². The molecule has 104 valence electrons. The van der Waals surface area contributed by atoms with E-state index in [1.807, 2.05) is 0 Å². The maximum Gasteiger partial charge on any atom is 0.335 e. The Morgan fingerprint density at radius 3 is 2.84 bits per heavy atom. The van der Waals surface area contributed by atoms with Crippen molar-refractivity contribution in [2.24, 2.45) is 0 Å². The van der Waals surface area contributed by atoms with E-state index in [0.29, 0.717) is 5.56 Å². The molecule has 1 aromatic carbocycles. The number of carbonyl (C=O) groups is 1. The van der Waals surface area contributed by atoms with Gasteiger partial charge in [-0.05, 0) is 25.0 Å². The third-order valence-electron chi connectivity index (χ3n) is 3.26. The van der Waals surface area contributed by atoms with Crippen LogP contribution in [0.1, 0.15) is 24.8 Å². The maximum absolute atomic E-state index is 11.9. The molecule has 0 bridgehead atoms. The van der Waals surface area contributed by atoms with E-state index in [9.17, 15) is 18.3 Å². The summed E-state index contributed by atoms with van der Waals surface area (Å²) in [7, 11) is -3.31. The zero-order valence-electron chi connectivity index (χ0n) is 10.6. The predicted octanol–water partition coefficient (Wildman–Crippen LogP) is 0.872. The molecule has 0 radical (unpaired) electrons. The van der Waals surface area contributed by atoms with E-state index in [2.05, 4.69) is 0 Å². The zero-order chi connectivity index (χ0) is 14.0. The van der Waals surface area contributed by atoms with E-state index >= 15 is 0 Å². The molecule has 0 saturated heterocycles. The van der Waals surface area contributed by atoms with Crippen LogP contribution in [0.2, 0.25) is 0 Å². The number of fused-ring (bicyclic) bond motifs is 1. The Morgan fingerprint density at radius 1 is 1.47 bits per heavy atom. The molecule has 5 nitrogen and oxygen atoms in total. The normalized spacial score (nSPS) is 22.3. The smallest absolute Gasteiger partial charge is 0.335 e. The lowest BCUT2D eigenvalue weighted by Crippen LogP contribution is -2.34. The van der Waals surface area contributed by atoms with Gasteiger partial charge in [-0.15, -0.1) is 0 Å². The first-order chi connectivity index (χ1) is 8.97. The summed E-state index contributed by atoms with van der Waals surface area (Å²) in [6.45, 7) is 1.84. The highest BCUT2D eigenvalue weighted by Crippen LogP contribution is 2.35. The van der Waals surface area contributed by atoms with Crippen LogP contribution in [0.3, 0.4) is 0 Å². The summed E-state index contributed by atoms with van der Waals surface area (Å²) < 4.78 is 28.7. The first-order valence-corrected chi connectivity index (χ1v) is 7.79. The van der Waals surface area contributed by atoms with Crippen LogP contribution in [0.4, 0.5) is 0 Å². The topological polar surface area (TPSA) is 80.7 Å². The molecular weight excluding hydrogens is 268 g/mol. The van der Waals surface area contributed by atoms with Crippen LogP contribution in [-0.4, -0.2) is 38.0 Å². The summed E-state index contributed by atoms with van der Waals surface area (Å²) in [6.07, 6.45) is -1.10. The summed E-state index contributed by atoms with van der Waals surface area (Å²) in [4.78, 5) is 11.8. The molecule has 2 unspecified atom stereocenters. The highest BCUT2D eigenvalue weighted by Gasteiger charge is 2.37. The SMILES string of the molecule is CCOC(=O)C(O)C1CCS(=O)(=O)c2ccccc21. The Labute approximate surface area is 112 Å². The molecule has 1 N–H and O–H groups in total. The number of rotatable bonds is 3. The Balaban J connectivity index is 2.38. The Hall–Kier alpha value is -1.40. The number of aliphatic hydroxyl groups excluding tert-OH is 1. The average molecular weight is 284 g/mol. The lowest BCUT2D eigenvalue weighted by Gasteiger charge is -2.27. The fourth-order valence-electron chi connectivity index (χ4n) is 2.34. The Kier molecular flexibility index (Phi) is 3.91. The first-order valence-electron chi connectivity index (χ1n) is 6.13. The molecule has 0 fully saturated rings. The van der Waals surface area contributed by atoms with Gasteiger partial charge in [0.05, 0.1) is 17.3 Å². The average Bonchev–Trinajstić information content (AvgIpc) is 2.39. The molecule has 0 spiro atoms.